The smallest absolute Gasteiger partial charge is 0.253 e. The number of hydrogen-bond donors (Lipinski definition) is 2. The second-order valence-electron chi connectivity index (χ2n) is 6.29. The van der Waals surface area contributed by atoms with Crippen LogP contribution in [-0.2, 0) is 17.6 Å². The van der Waals surface area contributed by atoms with Crippen molar-refractivity contribution in [1.82, 2.24) is 5.32 Å². The summed E-state index contributed by atoms with van der Waals surface area (Å²) >= 11 is 0. The van der Waals surface area contributed by atoms with Crippen molar-refractivity contribution in [2.45, 2.75) is 25.9 Å². The van der Waals surface area contributed by atoms with E-state index in [9.17, 15) is 9.90 Å². The molecule has 2 N–H and O–H groups in total. The van der Waals surface area contributed by atoms with Crippen molar-refractivity contribution in [3.8, 4) is 11.5 Å². The highest BCUT2D eigenvalue weighted by Gasteiger charge is 2.18. The van der Waals surface area contributed by atoms with Crippen molar-refractivity contribution in [2.75, 3.05) is 20.8 Å². The number of methoxy groups -OCH3 is 2. The molecule has 2 aromatic carbocycles. The van der Waals surface area contributed by atoms with Crippen LogP contribution >= 0.6 is 0 Å². The van der Waals surface area contributed by atoms with Crippen molar-refractivity contribution in [2.24, 2.45) is 0 Å². The molecule has 27 heavy (non-hydrogen) atoms. The lowest BCUT2D eigenvalue weighted by molar-refractivity contribution is -0.129. The van der Waals surface area contributed by atoms with E-state index in [1.807, 2.05) is 31.2 Å². The van der Waals surface area contributed by atoms with Crippen molar-refractivity contribution in [3.05, 3.63) is 71.3 Å². The number of aliphatic hydroxyl groups is 1. The first-order valence-corrected chi connectivity index (χ1v) is 8.87. The number of carbonyl (C=O) groups is 1. The Balaban J connectivity index is 2.06. The Hall–Kier alpha value is -2.79. The number of amides is 1. The molecule has 0 saturated heterocycles. The molecule has 2 aromatic rings. The Morgan fingerprint density at radius 3 is 2.67 bits per heavy atom. The summed E-state index contributed by atoms with van der Waals surface area (Å²) in [6.45, 7) is 6.13. The minimum Gasteiger partial charge on any atom is -0.493 e. The summed E-state index contributed by atoms with van der Waals surface area (Å²) < 4.78 is 10.8. The lowest BCUT2D eigenvalue weighted by Crippen LogP contribution is -2.31. The van der Waals surface area contributed by atoms with Crippen LogP contribution in [0.3, 0.4) is 0 Å². The lowest BCUT2D eigenvalue weighted by Gasteiger charge is -2.17. The van der Waals surface area contributed by atoms with Gasteiger partial charge in [-0.15, -0.1) is 6.58 Å². The van der Waals surface area contributed by atoms with Crippen LogP contribution in [0.15, 0.2) is 49.1 Å². The van der Waals surface area contributed by atoms with Gasteiger partial charge >= 0.3 is 0 Å². The Labute approximate surface area is 160 Å². The molecular formula is C22H27NO4. The third-order valence-electron chi connectivity index (χ3n) is 4.39. The Morgan fingerprint density at radius 1 is 1.26 bits per heavy atom. The maximum atomic E-state index is 12.3. The van der Waals surface area contributed by atoms with E-state index in [2.05, 4.69) is 11.9 Å². The van der Waals surface area contributed by atoms with Gasteiger partial charge in [-0.2, -0.15) is 0 Å². The van der Waals surface area contributed by atoms with Crippen LogP contribution in [0.25, 0.3) is 0 Å². The monoisotopic (exact) mass is 369 g/mol. The number of hydrogen-bond acceptors (Lipinski definition) is 4. The maximum absolute atomic E-state index is 12.3. The average molecular weight is 369 g/mol. The Morgan fingerprint density at radius 2 is 2.04 bits per heavy atom. The minimum atomic E-state index is -1.18. The number of aryl methyl sites for hydroxylation is 1. The molecule has 144 valence electrons. The molecule has 0 aromatic heterocycles. The van der Waals surface area contributed by atoms with Gasteiger partial charge in [0, 0.05) is 12.1 Å². The minimum absolute atomic E-state index is 0.404. The van der Waals surface area contributed by atoms with Crippen molar-refractivity contribution in [1.29, 1.82) is 0 Å². The summed E-state index contributed by atoms with van der Waals surface area (Å²) in [5.41, 5.74) is 3.61. The van der Waals surface area contributed by atoms with E-state index in [0.29, 0.717) is 36.4 Å². The van der Waals surface area contributed by atoms with E-state index in [4.69, 9.17) is 9.47 Å². The molecule has 0 saturated carbocycles. The van der Waals surface area contributed by atoms with Gasteiger partial charge in [-0.3, -0.25) is 4.79 Å². The van der Waals surface area contributed by atoms with Gasteiger partial charge in [-0.1, -0.05) is 42.0 Å². The number of allylic oxidation sites excluding steroid dienone is 1. The molecule has 0 aliphatic heterocycles. The molecule has 2 rings (SSSR count). The summed E-state index contributed by atoms with van der Waals surface area (Å²) in [4.78, 5) is 12.3. The summed E-state index contributed by atoms with van der Waals surface area (Å²) in [6.07, 6.45) is 1.87. The van der Waals surface area contributed by atoms with Crippen LogP contribution in [0, 0.1) is 6.92 Å². The maximum Gasteiger partial charge on any atom is 0.253 e. The van der Waals surface area contributed by atoms with Gasteiger partial charge < -0.3 is 19.9 Å². The van der Waals surface area contributed by atoms with Gasteiger partial charge in [0.15, 0.2) is 17.6 Å². The molecule has 1 atom stereocenters. The van der Waals surface area contributed by atoms with Gasteiger partial charge in [0.05, 0.1) is 14.2 Å². The number of rotatable bonds is 9. The predicted octanol–water partition coefficient (Wildman–Crippen LogP) is 3.13. The summed E-state index contributed by atoms with van der Waals surface area (Å²) in [5.74, 6) is 0.935. The van der Waals surface area contributed by atoms with E-state index in [1.54, 1.807) is 32.4 Å². The van der Waals surface area contributed by atoms with Crippen LogP contribution in [0.2, 0.25) is 0 Å². The second kappa shape index (κ2) is 9.78. The van der Waals surface area contributed by atoms with Crippen molar-refractivity contribution in [3.63, 3.8) is 0 Å². The zero-order chi connectivity index (χ0) is 19.8. The standard InChI is InChI=1S/C22H27NO4/c1-5-7-18-16(10-11-19(26-3)21(18)27-4)12-13-23-22(25)20(24)17-9-6-8-15(2)14-17/h5-6,8-11,14,20,24H,1,7,12-13H2,2-4H3,(H,23,25). The van der Waals surface area contributed by atoms with Crippen LogP contribution in [0.5, 0.6) is 11.5 Å². The highest BCUT2D eigenvalue weighted by molar-refractivity contribution is 5.81. The topological polar surface area (TPSA) is 67.8 Å². The van der Waals surface area contributed by atoms with Crippen molar-refractivity contribution < 1.29 is 19.4 Å². The summed E-state index contributed by atoms with van der Waals surface area (Å²) in [5, 5.41) is 13.0. The quantitative estimate of drug-likeness (QED) is 0.667. The van der Waals surface area contributed by atoms with Gasteiger partial charge in [0.2, 0.25) is 0 Å². The molecule has 5 heteroatoms. The first kappa shape index (κ1) is 20.5. The highest BCUT2D eigenvalue weighted by atomic mass is 16.5. The molecule has 0 heterocycles. The van der Waals surface area contributed by atoms with Crippen LogP contribution in [0.4, 0.5) is 0 Å². The lowest BCUT2D eigenvalue weighted by atomic mass is 9.99. The van der Waals surface area contributed by atoms with E-state index < -0.39 is 12.0 Å². The van der Waals surface area contributed by atoms with Gasteiger partial charge in [-0.05, 0) is 37.0 Å². The Bertz CT molecular complexity index is 801. The summed E-state index contributed by atoms with van der Waals surface area (Å²) in [7, 11) is 3.20. The molecule has 0 aliphatic rings. The van der Waals surface area contributed by atoms with E-state index in [-0.39, 0.29) is 0 Å². The average Bonchev–Trinajstić information content (AvgIpc) is 2.68. The number of benzene rings is 2. The SMILES string of the molecule is C=CCc1c(CCNC(=O)C(O)c2cccc(C)c2)ccc(OC)c1OC. The molecule has 0 fully saturated rings. The second-order valence-corrected chi connectivity index (χ2v) is 6.29. The number of ether oxygens (including phenoxy) is 2. The van der Waals surface area contributed by atoms with E-state index in [0.717, 1.165) is 16.7 Å². The predicted molar refractivity (Wildman–Crippen MR) is 106 cm³/mol. The first-order valence-electron chi connectivity index (χ1n) is 8.87. The number of carbonyl (C=O) groups excluding carboxylic acids is 1. The third kappa shape index (κ3) is 5.11. The fourth-order valence-electron chi connectivity index (χ4n) is 3.04. The third-order valence-corrected chi connectivity index (χ3v) is 4.39. The summed E-state index contributed by atoms with van der Waals surface area (Å²) in [6, 6.07) is 11.1. The molecule has 0 radical (unpaired) electrons. The zero-order valence-electron chi connectivity index (χ0n) is 16.1. The molecule has 1 amide bonds. The van der Waals surface area contributed by atoms with E-state index >= 15 is 0 Å². The molecule has 0 bridgehead atoms. The van der Waals surface area contributed by atoms with Crippen LogP contribution in [-0.4, -0.2) is 31.8 Å². The molecule has 0 aliphatic carbocycles. The van der Waals surface area contributed by atoms with Crippen LogP contribution in [0.1, 0.15) is 28.4 Å². The van der Waals surface area contributed by atoms with E-state index in [1.165, 1.54) is 0 Å². The number of nitrogens with one attached hydrogen (secondary N) is 1. The van der Waals surface area contributed by atoms with Gasteiger partial charge in [0.1, 0.15) is 0 Å². The molecule has 5 nitrogen and oxygen atoms in total. The van der Waals surface area contributed by atoms with Crippen LogP contribution < -0.4 is 14.8 Å². The zero-order valence-corrected chi connectivity index (χ0v) is 16.1. The first-order chi connectivity index (χ1) is 13.0. The Kier molecular flexibility index (Phi) is 7.44. The largest absolute Gasteiger partial charge is 0.493 e. The highest BCUT2D eigenvalue weighted by Crippen LogP contribution is 2.34. The van der Waals surface area contributed by atoms with Gasteiger partial charge in [-0.25, -0.2) is 0 Å². The molecule has 1 unspecified atom stereocenters. The van der Waals surface area contributed by atoms with Gasteiger partial charge in [0.25, 0.3) is 5.91 Å². The normalized spacial score (nSPS) is 11.6. The molecular weight excluding hydrogens is 342 g/mol. The van der Waals surface area contributed by atoms with Crippen molar-refractivity contribution >= 4 is 5.91 Å². The fraction of sp³-hybridized carbons (Fsp3) is 0.318. The molecule has 0 spiro atoms. The fourth-order valence-corrected chi connectivity index (χ4v) is 3.04. The number of aliphatic hydroxyl groups excluding tert-OH is 1.